The van der Waals surface area contributed by atoms with E-state index in [9.17, 15) is 4.79 Å². The van der Waals surface area contributed by atoms with E-state index in [4.69, 9.17) is 9.68 Å². The van der Waals surface area contributed by atoms with Gasteiger partial charge < -0.3 is 4.42 Å². The summed E-state index contributed by atoms with van der Waals surface area (Å²) in [4.78, 5) is 11.9. The number of nitriles is 1. The molecule has 0 aliphatic carbocycles. The predicted octanol–water partition coefficient (Wildman–Crippen LogP) is 3.58. The Labute approximate surface area is 138 Å². The highest BCUT2D eigenvalue weighted by Crippen LogP contribution is 2.24. The van der Waals surface area contributed by atoms with Gasteiger partial charge in [0, 0.05) is 11.1 Å². The van der Waals surface area contributed by atoms with Crippen LogP contribution in [-0.2, 0) is 0 Å². The van der Waals surface area contributed by atoms with Gasteiger partial charge in [0.05, 0.1) is 17.8 Å². The quantitative estimate of drug-likeness (QED) is 0.590. The van der Waals surface area contributed by atoms with Gasteiger partial charge in [0.1, 0.15) is 11.5 Å². The first-order valence-corrected chi connectivity index (χ1v) is 7.26. The summed E-state index contributed by atoms with van der Waals surface area (Å²) in [7, 11) is 0. The Kier molecular flexibility index (Phi) is 4.50. The molecule has 5 heteroatoms. The second kappa shape index (κ2) is 7.07. The van der Waals surface area contributed by atoms with Crippen LogP contribution in [0.15, 0.2) is 76.2 Å². The van der Waals surface area contributed by atoms with E-state index in [1.807, 2.05) is 18.2 Å². The number of hydrogen-bond acceptors (Lipinski definition) is 4. The molecule has 0 aliphatic heterocycles. The van der Waals surface area contributed by atoms with Crippen molar-refractivity contribution in [1.82, 2.24) is 5.43 Å². The van der Waals surface area contributed by atoms with Crippen molar-refractivity contribution >= 4 is 12.1 Å². The molecule has 0 saturated carbocycles. The number of furan rings is 1. The number of amides is 1. The Morgan fingerprint density at radius 2 is 1.79 bits per heavy atom. The molecule has 2 aromatic carbocycles. The topological polar surface area (TPSA) is 78.4 Å². The van der Waals surface area contributed by atoms with Crippen LogP contribution in [0.4, 0.5) is 0 Å². The Balaban J connectivity index is 1.70. The minimum absolute atomic E-state index is 0.298. The normalized spacial score (nSPS) is 10.5. The third kappa shape index (κ3) is 3.39. The number of nitrogens with one attached hydrogen (secondary N) is 1. The highest BCUT2D eigenvalue weighted by molar-refractivity contribution is 5.94. The molecular weight excluding hydrogens is 302 g/mol. The lowest BCUT2D eigenvalue weighted by molar-refractivity contribution is 0.0955. The molecule has 0 atom stereocenters. The predicted molar refractivity (Wildman–Crippen MR) is 90.4 cm³/mol. The van der Waals surface area contributed by atoms with E-state index in [0.29, 0.717) is 28.2 Å². The van der Waals surface area contributed by atoms with E-state index in [0.717, 1.165) is 0 Å². The second-order valence-corrected chi connectivity index (χ2v) is 4.92. The lowest BCUT2D eigenvalue weighted by Gasteiger charge is -1.99. The van der Waals surface area contributed by atoms with E-state index >= 15 is 0 Å². The minimum Gasteiger partial charge on any atom is -0.455 e. The summed E-state index contributed by atoms with van der Waals surface area (Å²) in [5, 5.41) is 13.0. The third-order valence-electron chi connectivity index (χ3n) is 3.33. The molecule has 1 N–H and O–H groups in total. The second-order valence-electron chi connectivity index (χ2n) is 4.92. The van der Waals surface area contributed by atoms with E-state index in [1.54, 1.807) is 48.5 Å². The van der Waals surface area contributed by atoms with Gasteiger partial charge >= 0.3 is 0 Å². The average molecular weight is 315 g/mol. The number of rotatable bonds is 4. The van der Waals surface area contributed by atoms with Gasteiger partial charge in [-0.2, -0.15) is 10.4 Å². The first kappa shape index (κ1) is 15.3. The van der Waals surface area contributed by atoms with E-state index in [1.165, 1.54) is 6.21 Å². The standard InChI is InChI=1S/C19H13N3O2/c20-12-15-8-4-5-9-17(15)18-11-10-16(24-18)13-21-22-19(23)14-6-2-1-3-7-14/h1-11,13H,(H,22,23)/b21-13-. The highest BCUT2D eigenvalue weighted by atomic mass is 16.3. The van der Waals surface area contributed by atoms with Crippen LogP contribution in [0, 0.1) is 11.3 Å². The number of nitrogens with zero attached hydrogens (tertiary/aromatic N) is 2. The number of carbonyl (C=O) groups excluding carboxylic acids is 1. The fourth-order valence-corrected chi connectivity index (χ4v) is 2.17. The van der Waals surface area contributed by atoms with Gasteiger partial charge in [0.15, 0.2) is 0 Å². The molecule has 0 saturated heterocycles. The number of carbonyl (C=O) groups is 1. The van der Waals surface area contributed by atoms with Gasteiger partial charge in [-0.25, -0.2) is 5.43 Å². The zero-order chi connectivity index (χ0) is 16.8. The van der Waals surface area contributed by atoms with Crippen molar-refractivity contribution < 1.29 is 9.21 Å². The van der Waals surface area contributed by atoms with Crippen molar-refractivity contribution in [2.24, 2.45) is 5.10 Å². The maximum atomic E-state index is 11.9. The maximum absolute atomic E-state index is 11.9. The monoisotopic (exact) mass is 315 g/mol. The summed E-state index contributed by atoms with van der Waals surface area (Å²) >= 11 is 0. The van der Waals surface area contributed by atoms with Crippen molar-refractivity contribution in [2.75, 3.05) is 0 Å². The SMILES string of the molecule is N#Cc1ccccc1-c1ccc(/C=N\NC(=O)c2ccccc2)o1. The lowest BCUT2D eigenvalue weighted by Crippen LogP contribution is -2.17. The Morgan fingerprint density at radius 3 is 2.58 bits per heavy atom. The molecule has 24 heavy (non-hydrogen) atoms. The molecule has 1 heterocycles. The van der Waals surface area contributed by atoms with Crippen molar-refractivity contribution in [3.05, 3.63) is 83.6 Å². The van der Waals surface area contributed by atoms with E-state index in [-0.39, 0.29) is 5.91 Å². The fourth-order valence-electron chi connectivity index (χ4n) is 2.17. The van der Waals surface area contributed by atoms with Crippen molar-refractivity contribution in [3.63, 3.8) is 0 Å². The van der Waals surface area contributed by atoms with E-state index < -0.39 is 0 Å². The molecule has 3 aromatic rings. The van der Waals surface area contributed by atoms with Gasteiger partial charge in [-0.05, 0) is 36.4 Å². The lowest BCUT2D eigenvalue weighted by atomic mass is 10.1. The van der Waals surface area contributed by atoms with Crippen LogP contribution < -0.4 is 5.43 Å². The molecule has 3 rings (SSSR count). The van der Waals surface area contributed by atoms with Crippen molar-refractivity contribution in [2.45, 2.75) is 0 Å². The molecule has 0 unspecified atom stereocenters. The molecule has 0 aliphatic rings. The molecule has 0 spiro atoms. The summed E-state index contributed by atoms with van der Waals surface area (Å²) in [6, 6.07) is 21.6. The third-order valence-corrected chi connectivity index (χ3v) is 3.33. The zero-order valence-corrected chi connectivity index (χ0v) is 12.6. The summed E-state index contributed by atoms with van der Waals surface area (Å²) in [5.74, 6) is 0.752. The van der Waals surface area contributed by atoms with Gasteiger partial charge in [0.25, 0.3) is 5.91 Å². The van der Waals surface area contributed by atoms with Crippen molar-refractivity contribution in [3.8, 4) is 17.4 Å². The maximum Gasteiger partial charge on any atom is 0.271 e. The largest absolute Gasteiger partial charge is 0.455 e. The van der Waals surface area contributed by atoms with Gasteiger partial charge in [-0.1, -0.05) is 30.3 Å². The Hall–Kier alpha value is -3.65. The van der Waals surface area contributed by atoms with Crippen molar-refractivity contribution in [1.29, 1.82) is 5.26 Å². The molecule has 0 radical (unpaired) electrons. The minimum atomic E-state index is -0.298. The molecule has 5 nitrogen and oxygen atoms in total. The first-order chi connectivity index (χ1) is 11.8. The molecule has 116 valence electrons. The van der Waals surface area contributed by atoms with Crippen LogP contribution in [0.25, 0.3) is 11.3 Å². The molecule has 0 bridgehead atoms. The van der Waals surface area contributed by atoms with Crippen LogP contribution in [0.1, 0.15) is 21.7 Å². The van der Waals surface area contributed by atoms with Crippen LogP contribution in [0.3, 0.4) is 0 Å². The molecule has 1 aromatic heterocycles. The number of benzene rings is 2. The van der Waals surface area contributed by atoms with Gasteiger partial charge in [-0.3, -0.25) is 4.79 Å². The van der Waals surface area contributed by atoms with E-state index in [2.05, 4.69) is 16.6 Å². The molecule has 1 amide bonds. The van der Waals surface area contributed by atoms with Crippen LogP contribution in [0.5, 0.6) is 0 Å². The highest BCUT2D eigenvalue weighted by Gasteiger charge is 2.08. The zero-order valence-electron chi connectivity index (χ0n) is 12.6. The first-order valence-electron chi connectivity index (χ1n) is 7.26. The van der Waals surface area contributed by atoms with Crippen LogP contribution in [0.2, 0.25) is 0 Å². The number of hydrazone groups is 1. The number of hydrogen-bond donors (Lipinski definition) is 1. The Bertz CT molecular complexity index is 921. The van der Waals surface area contributed by atoms with Crippen LogP contribution >= 0.6 is 0 Å². The average Bonchev–Trinajstić information content (AvgIpc) is 3.11. The van der Waals surface area contributed by atoms with Crippen LogP contribution in [-0.4, -0.2) is 12.1 Å². The van der Waals surface area contributed by atoms with Gasteiger partial charge in [-0.15, -0.1) is 0 Å². The summed E-state index contributed by atoms with van der Waals surface area (Å²) in [6.45, 7) is 0. The Morgan fingerprint density at radius 1 is 1.04 bits per heavy atom. The summed E-state index contributed by atoms with van der Waals surface area (Å²) < 4.78 is 5.65. The van der Waals surface area contributed by atoms with Gasteiger partial charge in [0.2, 0.25) is 0 Å². The smallest absolute Gasteiger partial charge is 0.271 e. The fraction of sp³-hybridized carbons (Fsp3) is 0. The summed E-state index contributed by atoms with van der Waals surface area (Å²) in [5.41, 5.74) is 4.21. The molecule has 0 fully saturated rings. The summed E-state index contributed by atoms with van der Waals surface area (Å²) in [6.07, 6.45) is 1.42. The molecular formula is C19H13N3O2.